The molecule has 1 atom stereocenters. The van der Waals surface area contributed by atoms with Gasteiger partial charge in [0.25, 0.3) is 0 Å². The van der Waals surface area contributed by atoms with Gasteiger partial charge in [0, 0.05) is 18.5 Å². The van der Waals surface area contributed by atoms with Crippen molar-refractivity contribution in [3.05, 3.63) is 24.2 Å². The van der Waals surface area contributed by atoms with Crippen LogP contribution in [0, 0.1) is 5.92 Å². The fourth-order valence-electron chi connectivity index (χ4n) is 2.95. The number of ether oxygens (including phenoxy) is 1. The highest BCUT2D eigenvalue weighted by Gasteiger charge is 2.27. The van der Waals surface area contributed by atoms with Crippen molar-refractivity contribution in [3.8, 4) is 0 Å². The quantitative estimate of drug-likeness (QED) is 0.813. The van der Waals surface area contributed by atoms with Gasteiger partial charge in [0.05, 0.1) is 18.8 Å². The molecule has 0 bridgehead atoms. The molecule has 0 saturated heterocycles. The van der Waals surface area contributed by atoms with Gasteiger partial charge in [-0.05, 0) is 51.7 Å². The second-order valence-corrected chi connectivity index (χ2v) is 5.65. The van der Waals surface area contributed by atoms with Crippen molar-refractivity contribution in [1.29, 1.82) is 0 Å². The minimum Gasteiger partial charge on any atom is -0.469 e. The highest BCUT2D eigenvalue weighted by molar-refractivity contribution is 5.72. The molecule has 4 nitrogen and oxygen atoms in total. The molecule has 0 amide bonds. The summed E-state index contributed by atoms with van der Waals surface area (Å²) < 4.78 is 10.5. The van der Waals surface area contributed by atoms with Crippen LogP contribution in [0.4, 0.5) is 0 Å². The van der Waals surface area contributed by atoms with Crippen molar-refractivity contribution in [2.24, 2.45) is 5.92 Å². The molecule has 0 radical (unpaired) electrons. The molecule has 1 aliphatic rings. The van der Waals surface area contributed by atoms with Crippen LogP contribution in [0.1, 0.15) is 45.3 Å². The maximum Gasteiger partial charge on any atom is 0.308 e. The van der Waals surface area contributed by atoms with Gasteiger partial charge in [-0.1, -0.05) is 0 Å². The van der Waals surface area contributed by atoms with Crippen molar-refractivity contribution in [2.75, 3.05) is 6.61 Å². The number of hydrogen-bond donors (Lipinski definition) is 1. The van der Waals surface area contributed by atoms with E-state index in [1.807, 2.05) is 19.1 Å². The first-order chi connectivity index (χ1) is 9.69. The van der Waals surface area contributed by atoms with E-state index in [9.17, 15) is 4.79 Å². The number of carbonyl (C=O) groups is 1. The predicted molar refractivity (Wildman–Crippen MR) is 77.4 cm³/mol. The minimum atomic E-state index is -0.0189. The second-order valence-electron chi connectivity index (χ2n) is 5.65. The lowest BCUT2D eigenvalue weighted by molar-refractivity contribution is -0.149. The monoisotopic (exact) mass is 279 g/mol. The lowest BCUT2D eigenvalue weighted by Crippen LogP contribution is -2.41. The third-order valence-electron chi connectivity index (χ3n) is 3.95. The Bertz CT molecular complexity index is 394. The van der Waals surface area contributed by atoms with Crippen molar-refractivity contribution in [1.82, 2.24) is 5.32 Å². The summed E-state index contributed by atoms with van der Waals surface area (Å²) in [5, 5.41) is 3.64. The van der Waals surface area contributed by atoms with Crippen LogP contribution < -0.4 is 5.32 Å². The molecule has 20 heavy (non-hydrogen) atoms. The van der Waals surface area contributed by atoms with E-state index >= 15 is 0 Å². The van der Waals surface area contributed by atoms with Gasteiger partial charge in [0.2, 0.25) is 0 Å². The molecule has 4 heteroatoms. The Morgan fingerprint density at radius 2 is 2.20 bits per heavy atom. The van der Waals surface area contributed by atoms with Crippen LogP contribution in [0.5, 0.6) is 0 Å². The first kappa shape index (κ1) is 15.1. The van der Waals surface area contributed by atoms with E-state index in [2.05, 4.69) is 12.2 Å². The average Bonchev–Trinajstić information content (AvgIpc) is 2.92. The topological polar surface area (TPSA) is 51.5 Å². The summed E-state index contributed by atoms with van der Waals surface area (Å²) >= 11 is 0. The summed E-state index contributed by atoms with van der Waals surface area (Å²) in [5.41, 5.74) is 0. The number of furan rings is 1. The predicted octanol–water partition coefficient (Wildman–Crippen LogP) is 2.92. The zero-order valence-electron chi connectivity index (χ0n) is 12.4. The SMILES string of the molecule is CCOC(=O)C1CCC(NC(C)Cc2ccco2)CC1. The van der Waals surface area contributed by atoms with Crippen LogP contribution in [0.15, 0.2) is 22.8 Å². The lowest BCUT2D eigenvalue weighted by atomic mass is 9.85. The number of nitrogens with one attached hydrogen (secondary N) is 1. The summed E-state index contributed by atoms with van der Waals surface area (Å²) in [5.74, 6) is 1.10. The van der Waals surface area contributed by atoms with Gasteiger partial charge >= 0.3 is 5.97 Å². The van der Waals surface area contributed by atoms with Crippen molar-refractivity contribution in [3.63, 3.8) is 0 Å². The summed E-state index contributed by atoms with van der Waals surface area (Å²) in [7, 11) is 0. The fourth-order valence-corrected chi connectivity index (χ4v) is 2.95. The molecule has 1 aromatic rings. The molecule has 2 rings (SSSR count). The number of rotatable bonds is 6. The Morgan fingerprint density at radius 3 is 2.80 bits per heavy atom. The Labute approximate surface area is 120 Å². The highest BCUT2D eigenvalue weighted by Crippen LogP contribution is 2.25. The molecular weight excluding hydrogens is 254 g/mol. The van der Waals surface area contributed by atoms with Crippen LogP contribution >= 0.6 is 0 Å². The fraction of sp³-hybridized carbons (Fsp3) is 0.688. The molecule has 1 aromatic heterocycles. The van der Waals surface area contributed by atoms with Crippen LogP contribution in [-0.2, 0) is 16.0 Å². The summed E-state index contributed by atoms with van der Waals surface area (Å²) in [6, 6.07) is 4.83. The first-order valence-corrected chi connectivity index (χ1v) is 7.64. The average molecular weight is 279 g/mol. The normalized spacial score (nSPS) is 24.3. The van der Waals surface area contributed by atoms with E-state index in [4.69, 9.17) is 9.15 Å². The van der Waals surface area contributed by atoms with Gasteiger partial charge in [-0.15, -0.1) is 0 Å². The Morgan fingerprint density at radius 1 is 1.45 bits per heavy atom. The molecule has 1 fully saturated rings. The maximum absolute atomic E-state index is 11.7. The molecule has 1 heterocycles. The summed E-state index contributed by atoms with van der Waals surface area (Å²) in [6.45, 7) is 4.53. The third-order valence-corrected chi connectivity index (χ3v) is 3.95. The smallest absolute Gasteiger partial charge is 0.308 e. The molecule has 0 aliphatic heterocycles. The molecule has 1 N–H and O–H groups in total. The lowest BCUT2D eigenvalue weighted by Gasteiger charge is -2.30. The molecule has 1 aliphatic carbocycles. The van der Waals surface area contributed by atoms with Crippen LogP contribution in [0.25, 0.3) is 0 Å². The number of esters is 1. The van der Waals surface area contributed by atoms with E-state index < -0.39 is 0 Å². The molecular formula is C16H25NO3. The maximum atomic E-state index is 11.7. The van der Waals surface area contributed by atoms with Gasteiger partial charge in [-0.2, -0.15) is 0 Å². The van der Waals surface area contributed by atoms with Crippen LogP contribution in [-0.4, -0.2) is 24.7 Å². The molecule has 0 spiro atoms. The highest BCUT2D eigenvalue weighted by atomic mass is 16.5. The summed E-state index contributed by atoms with van der Waals surface area (Å²) in [6.07, 6.45) is 6.59. The van der Waals surface area contributed by atoms with Gasteiger partial charge in [-0.3, -0.25) is 4.79 Å². The third kappa shape index (κ3) is 4.37. The molecule has 112 valence electrons. The zero-order chi connectivity index (χ0) is 14.4. The molecule has 1 saturated carbocycles. The van der Waals surface area contributed by atoms with Gasteiger partial charge < -0.3 is 14.5 Å². The Kier molecular flexibility index (Phi) is 5.65. The van der Waals surface area contributed by atoms with Crippen LogP contribution in [0.2, 0.25) is 0 Å². The van der Waals surface area contributed by atoms with E-state index in [-0.39, 0.29) is 11.9 Å². The Hall–Kier alpha value is -1.29. The molecule has 0 aromatic carbocycles. The standard InChI is InChI=1S/C16H25NO3/c1-3-19-16(18)13-6-8-14(9-7-13)17-12(2)11-15-5-4-10-20-15/h4-5,10,12-14,17H,3,6-9,11H2,1-2H3. The van der Waals surface area contributed by atoms with Gasteiger partial charge in [0.1, 0.15) is 5.76 Å². The number of carbonyl (C=O) groups excluding carboxylic acids is 1. The van der Waals surface area contributed by atoms with Crippen molar-refractivity contribution in [2.45, 2.75) is 58.0 Å². The van der Waals surface area contributed by atoms with E-state index in [0.29, 0.717) is 18.7 Å². The second kappa shape index (κ2) is 7.48. The molecule has 1 unspecified atom stereocenters. The van der Waals surface area contributed by atoms with Gasteiger partial charge in [0.15, 0.2) is 0 Å². The van der Waals surface area contributed by atoms with Gasteiger partial charge in [-0.25, -0.2) is 0 Å². The van der Waals surface area contributed by atoms with E-state index in [0.717, 1.165) is 37.9 Å². The summed E-state index contributed by atoms with van der Waals surface area (Å²) in [4.78, 5) is 11.7. The van der Waals surface area contributed by atoms with E-state index in [1.54, 1.807) is 6.26 Å². The van der Waals surface area contributed by atoms with Crippen molar-refractivity contribution < 1.29 is 13.9 Å². The van der Waals surface area contributed by atoms with Crippen molar-refractivity contribution >= 4 is 5.97 Å². The first-order valence-electron chi connectivity index (χ1n) is 7.64. The largest absolute Gasteiger partial charge is 0.469 e. The zero-order valence-corrected chi connectivity index (χ0v) is 12.4. The Balaban J connectivity index is 1.70. The minimum absolute atomic E-state index is 0.0189. The van der Waals surface area contributed by atoms with Crippen LogP contribution in [0.3, 0.4) is 0 Å². The van der Waals surface area contributed by atoms with E-state index in [1.165, 1.54) is 0 Å². The number of hydrogen-bond acceptors (Lipinski definition) is 4.